The molecule has 1 aliphatic heterocycles. The molecule has 3 aliphatic rings. The molecule has 3 aromatic rings. The average Bonchev–Trinajstić information content (AvgIpc) is 3.81. The van der Waals surface area contributed by atoms with Gasteiger partial charge in [-0.1, -0.05) is 36.4 Å². The average molecular weight is 549 g/mol. The summed E-state index contributed by atoms with van der Waals surface area (Å²) >= 11 is 0. The number of carbonyl (C=O) groups is 1. The summed E-state index contributed by atoms with van der Waals surface area (Å²) in [6, 6.07) is 22.8. The molecule has 0 atom stereocenters. The standard InChI is InChI=1S/C28H30O4S.C4H6O2/c29-28(13-15-33(30)16-14-28)20-32-25-11-12-26-23(18-25)6-4-5-22-10-9-21(17-27(22)26)19-31-24-7-2-1-3-8-24;5-4(6)3-1-2-3/h1-3,7-12,17-18,29H,4-6,13-16,19-20H2;3H,1-2H2,(H,5,6). The lowest BCUT2D eigenvalue weighted by atomic mass is 9.94. The fourth-order valence-corrected chi connectivity index (χ4v) is 6.41. The summed E-state index contributed by atoms with van der Waals surface area (Å²) in [5.41, 5.74) is 5.46. The molecule has 2 N–H and O–H groups in total. The predicted molar refractivity (Wildman–Crippen MR) is 153 cm³/mol. The van der Waals surface area contributed by atoms with E-state index in [-0.39, 0.29) is 12.5 Å². The molecule has 6 nitrogen and oxygen atoms in total. The molecule has 0 amide bonds. The van der Waals surface area contributed by atoms with Gasteiger partial charge in [0.2, 0.25) is 0 Å². The molecule has 1 saturated heterocycles. The van der Waals surface area contributed by atoms with Gasteiger partial charge >= 0.3 is 5.97 Å². The smallest absolute Gasteiger partial charge is 0.306 e. The molecular weight excluding hydrogens is 512 g/mol. The Kier molecular flexibility index (Phi) is 8.68. The minimum absolute atomic E-state index is 0.0185. The van der Waals surface area contributed by atoms with Crippen LogP contribution < -0.4 is 9.47 Å². The zero-order valence-electron chi connectivity index (χ0n) is 22.1. The van der Waals surface area contributed by atoms with E-state index in [1.165, 1.54) is 22.3 Å². The molecule has 0 bridgehead atoms. The first-order chi connectivity index (χ1) is 18.9. The fraction of sp³-hybridized carbons (Fsp3) is 0.406. The first-order valence-corrected chi connectivity index (χ1v) is 15.2. The van der Waals surface area contributed by atoms with Gasteiger partial charge in [0.15, 0.2) is 0 Å². The number of rotatable bonds is 7. The first-order valence-electron chi connectivity index (χ1n) is 13.7. The molecule has 6 rings (SSSR count). The van der Waals surface area contributed by atoms with Crippen molar-refractivity contribution in [2.45, 2.75) is 57.2 Å². The number of aliphatic hydroxyl groups is 1. The molecule has 7 heteroatoms. The summed E-state index contributed by atoms with van der Waals surface area (Å²) in [5, 5.41) is 18.8. The highest BCUT2D eigenvalue weighted by Crippen LogP contribution is 2.36. The summed E-state index contributed by atoms with van der Waals surface area (Å²) < 4.78 is 23.6. The van der Waals surface area contributed by atoms with Gasteiger partial charge in [0.05, 0.1) is 5.92 Å². The van der Waals surface area contributed by atoms with Gasteiger partial charge in [-0.15, -0.1) is 0 Å². The maximum atomic E-state index is 11.6. The van der Waals surface area contributed by atoms with Crippen LogP contribution in [0, 0.1) is 5.92 Å². The van der Waals surface area contributed by atoms with Gasteiger partial charge in [-0.25, -0.2) is 0 Å². The third-order valence-electron chi connectivity index (χ3n) is 7.61. The normalized spacial score (nSPS) is 21.8. The third kappa shape index (κ3) is 7.49. The maximum absolute atomic E-state index is 11.6. The quantitative estimate of drug-likeness (QED) is 0.402. The van der Waals surface area contributed by atoms with Crippen LogP contribution in [0.5, 0.6) is 11.5 Å². The van der Waals surface area contributed by atoms with Gasteiger partial charge in [-0.3, -0.25) is 9.00 Å². The minimum Gasteiger partial charge on any atom is -0.491 e. The number of ether oxygens (including phenoxy) is 2. The Balaban J connectivity index is 0.000000455. The summed E-state index contributed by atoms with van der Waals surface area (Å²) in [6.45, 7) is 0.789. The Bertz CT molecular complexity index is 1310. The van der Waals surface area contributed by atoms with Crippen molar-refractivity contribution >= 4 is 16.8 Å². The van der Waals surface area contributed by atoms with Crippen LogP contribution in [0.3, 0.4) is 0 Å². The van der Waals surface area contributed by atoms with E-state index < -0.39 is 22.4 Å². The van der Waals surface area contributed by atoms with Crippen LogP contribution >= 0.6 is 0 Å². The van der Waals surface area contributed by atoms with E-state index in [2.05, 4.69) is 30.3 Å². The van der Waals surface area contributed by atoms with Crippen LogP contribution in [0.1, 0.15) is 48.8 Å². The number of carboxylic acid groups (broad SMARTS) is 1. The molecule has 0 radical (unpaired) electrons. The first kappa shape index (κ1) is 27.4. The monoisotopic (exact) mass is 548 g/mol. The van der Waals surface area contributed by atoms with Crippen molar-refractivity contribution in [1.82, 2.24) is 0 Å². The van der Waals surface area contributed by atoms with E-state index in [4.69, 9.17) is 14.6 Å². The Morgan fingerprint density at radius 2 is 1.62 bits per heavy atom. The van der Waals surface area contributed by atoms with Crippen LogP contribution in [-0.4, -0.2) is 44.1 Å². The molecule has 1 saturated carbocycles. The number of benzene rings is 3. The van der Waals surface area contributed by atoms with E-state index in [0.29, 0.717) is 31.0 Å². The number of para-hydroxylation sites is 1. The molecule has 3 aromatic carbocycles. The second-order valence-corrected chi connectivity index (χ2v) is 12.4. The van der Waals surface area contributed by atoms with Gasteiger partial charge in [0, 0.05) is 22.3 Å². The summed E-state index contributed by atoms with van der Waals surface area (Å²) in [6.07, 6.45) is 6.01. The highest BCUT2D eigenvalue weighted by Gasteiger charge is 2.33. The van der Waals surface area contributed by atoms with Gasteiger partial charge in [0.25, 0.3) is 0 Å². The van der Waals surface area contributed by atoms with Crippen LogP contribution in [0.25, 0.3) is 11.1 Å². The summed E-state index contributed by atoms with van der Waals surface area (Å²) in [5.74, 6) is 2.16. The third-order valence-corrected chi connectivity index (χ3v) is 8.93. The van der Waals surface area contributed by atoms with Crippen LogP contribution in [0.15, 0.2) is 66.7 Å². The van der Waals surface area contributed by atoms with Gasteiger partial charge in [-0.05, 0) is 103 Å². The largest absolute Gasteiger partial charge is 0.491 e. The second-order valence-electron chi connectivity index (χ2n) is 10.7. The van der Waals surface area contributed by atoms with Gasteiger partial charge in [0.1, 0.15) is 30.3 Å². The molecule has 1 heterocycles. The Hall–Kier alpha value is -3.16. The number of aryl methyl sites for hydroxylation is 2. The molecule has 0 aromatic heterocycles. The summed E-state index contributed by atoms with van der Waals surface area (Å²) in [4.78, 5) is 9.76. The van der Waals surface area contributed by atoms with E-state index in [9.17, 15) is 14.1 Å². The van der Waals surface area contributed by atoms with Gasteiger partial charge in [-0.2, -0.15) is 0 Å². The highest BCUT2D eigenvalue weighted by atomic mass is 32.2. The van der Waals surface area contributed by atoms with Crippen molar-refractivity contribution in [3.05, 3.63) is 83.4 Å². The Morgan fingerprint density at radius 3 is 2.31 bits per heavy atom. The maximum Gasteiger partial charge on any atom is 0.306 e. The van der Waals surface area contributed by atoms with E-state index in [1.54, 1.807) is 0 Å². The Labute approximate surface area is 232 Å². The SMILES string of the molecule is O=C(O)C1CC1.O=S1CCC(O)(COc2ccc3c(c2)CCCc2ccc(COc4ccccc4)cc2-3)CC1. The number of hydrogen-bond donors (Lipinski definition) is 2. The lowest BCUT2D eigenvalue weighted by molar-refractivity contribution is -0.138. The molecule has 39 heavy (non-hydrogen) atoms. The van der Waals surface area contributed by atoms with Crippen molar-refractivity contribution in [3.63, 3.8) is 0 Å². The molecule has 2 fully saturated rings. The fourth-order valence-electron chi connectivity index (χ4n) is 4.99. The number of fused-ring (bicyclic) bond motifs is 3. The van der Waals surface area contributed by atoms with Crippen LogP contribution in [-0.2, 0) is 35.0 Å². The van der Waals surface area contributed by atoms with Crippen molar-refractivity contribution in [1.29, 1.82) is 0 Å². The lowest BCUT2D eigenvalue weighted by Crippen LogP contribution is -2.42. The number of carboxylic acids is 1. The van der Waals surface area contributed by atoms with Crippen molar-refractivity contribution < 1.29 is 28.7 Å². The summed E-state index contributed by atoms with van der Waals surface area (Å²) in [7, 11) is -0.799. The number of hydrogen-bond acceptors (Lipinski definition) is 5. The van der Waals surface area contributed by atoms with E-state index >= 15 is 0 Å². The number of aliphatic carboxylic acids is 1. The second kappa shape index (κ2) is 12.3. The minimum atomic E-state index is -0.874. The van der Waals surface area contributed by atoms with Gasteiger partial charge < -0.3 is 19.7 Å². The van der Waals surface area contributed by atoms with Crippen molar-refractivity contribution in [3.8, 4) is 22.6 Å². The van der Waals surface area contributed by atoms with Crippen LogP contribution in [0.4, 0.5) is 0 Å². The topological polar surface area (TPSA) is 93.1 Å². The van der Waals surface area contributed by atoms with E-state index in [1.807, 2.05) is 36.4 Å². The van der Waals surface area contributed by atoms with Crippen molar-refractivity contribution in [2.24, 2.45) is 5.92 Å². The van der Waals surface area contributed by atoms with E-state index in [0.717, 1.165) is 49.2 Å². The van der Waals surface area contributed by atoms with Crippen LogP contribution in [0.2, 0.25) is 0 Å². The highest BCUT2D eigenvalue weighted by molar-refractivity contribution is 7.85. The lowest BCUT2D eigenvalue weighted by Gasteiger charge is -2.31. The molecule has 206 valence electrons. The Morgan fingerprint density at radius 1 is 0.872 bits per heavy atom. The molecule has 0 spiro atoms. The molecule has 0 unspecified atom stereocenters. The van der Waals surface area contributed by atoms with Crippen molar-refractivity contribution in [2.75, 3.05) is 18.1 Å². The molecule has 2 aliphatic carbocycles. The predicted octanol–water partition coefficient (Wildman–Crippen LogP) is 5.55. The zero-order valence-corrected chi connectivity index (χ0v) is 23.0. The molecular formula is C32H36O6S. The zero-order chi connectivity index (χ0) is 27.2.